The lowest BCUT2D eigenvalue weighted by Gasteiger charge is -2.28. The van der Waals surface area contributed by atoms with Gasteiger partial charge in [-0.05, 0) is 18.9 Å². The van der Waals surface area contributed by atoms with Crippen molar-refractivity contribution in [3.63, 3.8) is 0 Å². The first kappa shape index (κ1) is 19.3. The van der Waals surface area contributed by atoms with Crippen molar-refractivity contribution in [2.24, 2.45) is 5.73 Å². The molecule has 3 aromatic rings. The second-order valence-electron chi connectivity index (χ2n) is 7.96. The fourth-order valence-electron chi connectivity index (χ4n) is 4.78. The van der Waals surface area contributed by atoms with Crippen molar-refractivity contribution in [1.29, 1.82) is 0 Å². The molecule has 1 fully saturated rings. The highest BCUT2D eigenvalue weighted by molar-refractivity contribution is 5.95. The van der Waals surface area contributed by atoms with Crippen molar-refractivity contribution < 1.29 is 14.3 Å². The Morgan fingerprint density at radius 2 is 1.87 bits per heavy atom. The van der Waals surface area contributed by atoms with Crippen LogP contribution in [0.15, 0.2) is 48.7 Å². The number of pyridine rings is 1. The zero-order chi connectivity index (χ0) is 21.5. The Morgan fingerprint density at radius 3 is 2.55 bits per heavy atom. The van der Waals surface area contributed by atoms with Crippen LogP contribution in [0.4, 0.5) is 0 Å². The molecule has 1 saturated heterocycles. The third-order valence-corrected chi connectivity index (χ3v) is 6.21. The number of nitrogens with two attached hydrogens (primary N) is 1. The molecule has 8 nitrogen and oxygen atoms in total. The van der Waals surface area contributed by atoms with Gasteiger partial charge in [-0.1, -0.05) is 30.3 Å². The van der Waals surface area contributed by atoms with Crippen LogP contribution >= 0.6 is 0 Å². The molecule has 2 aliphatic rings. The zero-order valence-corrected chi connectivity index (χ0v) is 17.2. The van der Waals surface area contributed by atoms with Crippen molar-refractivity contribution in [3.8, 4) is 17.3 Å². The summed E-state index contributed by atoms with van der Waals surface area (Å²) in [6, 6.07) is 13.2. The molecule has 158 valence electrons. The lowest BCUT2D eigenvalue weighted by atomic mass is 10.1. The maximum Gasteiger partial charge on any atom is 0.269 e. The first-order valence-electron chi connectivity index (χ1n) is 10.3. The standard InChI is InChI=1S/C23H23N5O3/c1-31-19-10-7-15(12-25-19)23(30)28-16-8-9-17(28)13-27-18(11-16)20(21(24)29)26-22(27)14-5-3-2-4-6-14/h2-7,10,12,16-17H,8-9,11,13H2,1H3,(H2,24,29). The van der Waals surface area contributed by atoms with Crippen molar-refractivity contribution in [3.05, 3.63) is 65.6 Å². The van der Waals surface area contributed by atoms with Crippen LogP contribution in [0.3, 0.4) is 0 Å². The van der Waals surface area contributed by atoms with Gasteiger partial charge in [-0.15, -0.1) is 0 Å². The Hall–Kier alpha value is -3.68. The summed E-state index contributed by atoms with van der Waals surface area (Å²) in [5.41, 5.74) is 8.23. The first-order chi connectivity index (χ1) is 15.1. The number of imidazole rings is 1. The number of nitrogens with zero attached hydrogens (tertiary/aromatic N) is 4. The minimum Gasteiger partial charge on any atom is -0.481 e. The van der Waals surface area contributed by atoms with Gasteiger partial charge >= 0.3 is 0 Å². The third-order valence-electron chi connectivity index (χ3n) is 6.21. The average molecular weight is 417 g/mol. The van der Waals surface area contributed by atoms with Crippen molar-refractivity contribution >= 4 is 11.8 Å². The van der Waals surface area contributed by atoms with Gasteiger partial charge in [-0.25, -0.2) is 9.97 Å². The van der Waals surface area contributed by atoms with Crippen molar-refractivity contribution in [2.45, 2.75) is 37.9 Å². The first-order valence-corrected chi connectivity index (χ1v) is 10.3. The SMILES string of the molecule is COc1ccc(C(=O)N2C3CCC2Cn2c(-c4ccccc4)nc(C(N)=O)c2C3)cn1. The maximum atomic E-state index is 13.4. The summed E-state index contributed by atoms with van der Waals surface area (Å²) < 4.78 is 7.18. The number of methoxy groups -OCH3 is 1. The van der Waals surface area contributed by atoms with Crippen LogP contribution in [-0.2, 0) is 13.0 Å². The molecule has 31 heavy (non-hydrogen) atoms. The zero-order valence-electron chi connectivity index (χ0n) is 17.2. The Bertz CT molecular complexity index is 1140. The van der Waals surface area contributed by atoms with Gasteiger partial charge in [0, 0.05) is 36.8 Å². The lowest BCUT2D eigenvalue weighted by Crippen LogP contribution is -2.42. The molecule has 0 aliphatic carbocycles. The van der Waals surface area contributed by atoms with Crippen LogP contribution in [0.25, 0.3) is 11.4 Å². The van der Waals surface area contributed by atoms with E-state index in [-0.39, 0.29) is 18.0 Å². The molecule has 1 aromatic carbocycles. The van der Waals surface area contributed by atoms with Crippen LogP contribution < -0.4 is 10.5 Å². The van der Waals surface area contributed by atoms with Crippen molar-refractivity contribution in [2.75, 3.05) is 7.11 Å². The minimum absolute atomic E-state index is 0.0123. The van der Waals surface area contributed by atoms with Crippen LogP contribution in [0.2, 0.25) is 0 Å². The molecule has 8 heteroatoms. The van der Waals surface area contributed by atoms with Crippen molar-refractivity contribution in [1.82, 2.24) is 19.4 Å². The minimum atomic E-state index is -0.541. The van der Waals surface area contributed by atoms with E-state index in [0.717, 1.165) is 29.9 Å². The average Bonchev–Trinajstić information content (AvgIpc) is 3.30. The number of fused-ring (bicyclic) bond motifs is 3. The molecule has 2 unspecified atom stereocenters. The van der Waals surface area contributed by atoms with E-state index >= 15 is 0 Å². The summed E-state index contributed by atoms with van der Waals surface area (Å²) in [7, 11) is 1.54. The molecule has 4 heterocycles. The van der Waals surface area contributed by atoms with E-state index < -0.39 is 5.91 Å². The van der Waals surface area contributed by atoms with Gasteiger partial charge in [0.1, 0.15) is 11.5 Å². The highest BCUT2D eigenvalue weighted by Gasteiger charge is 2.42. The number of carbonyl (C=O) groups is 2. The van der Waals surface area contributed by atoms with Gasteiger partial charge < -0.3 is 19.9 Å². The molecule has 2 bridgehead atoms. The summed E-state index contributed by atoms with van der Waals surface area (Å²) in [5, 5.41) is 0. The van der Waals surface area contributed by atoms with Gasteiger partial charge in [0.05, 0.1) is 24.4 Å². The molecule has 0 radical (unpaired) electrons. The van der Waals surface area contributed by atoms with Gasteiger partial charge in [-0.2, -0.15) is 0 Å². The molecular weight excluding hydrogens is 394 g/mol. The molecule has 2 amide bonds. The van der Waals surface area contributed by atoms with Gasteiger partial charge in [-0.3, -0.25) is 9.59 Å². The van der Waals surface area contributed by atoms with E-state index in [9.17, 15) is 9.59 Å². The van der Waals surface area contributed by atoms with Crippen LogP contribution in [-0.4, -0.2) is 50.4 Å². The smallest absolute Gasteiger partial charge is 0.269 e. The Kier molecular flexibility index (Phi) is 4.69. The van der Waals surface area contributed by atoms with Crippen LogP contribution in [0.5, 0.6) is 5.88 Å². The second kappa shape index (κ2) is 7.54. The number of carbonyl (C=O) groups excluding carboxylic acids is 2. The molecule has 0 spiro atoms. The maximum absolute atomic E-state index is 13.4. The highest BCUT2D eigenvalue weighted by atomic mass is 16.5. The number of primary amides is 1. The monoisotopic (exact) mass is 417 g/mol. The number of aromatic nitrogens is 3. The number of ether oxygens (including phenoxy) is 1. The number of rotatable bonds is 4. The van der Waals surface area contributed by atoms with Gasteiger partial charge in [0.15, 0.2) is 0 Å². The number of hydrogen-bond donors (Lipinski definition) is 1. The molecule has 5 rings (SSSR count). The number of amides is 2. The fraction of sp³-hybridized carbons (Fsp3) is 0.304. The van der Waals surface area contributed by atoms with Crippen LogP contribution in [0, 0.1) is 0 Å². The summed E-state index contributed by atoms with van der Waals surface area (Å²) in [6.07, 6.45) is 3.88. The van der Waals surface area contributed by atoms with Gasteiger partial charge in [0.2, 0.25) is 5.88 Å². The molecule has 0 saturated carbocycles. The quantitative estimate of drug-likeness (QED) is 0.701. The topological polar surface area (TPSA) is 103 Å². The van der Waals surface area contributed by atoms with E-state index in [1.165, 1.54) is 0 Å². The van der Waals surface area contributed by atoms with E-state index in [4.69, 9.17) is 10.5 Å². The third kappa shape index (κ3) is 3.24. The van der Waals surface area contributed by atoms with E-state index in [1.54, 1.807) is 25.4 Å². The molecule has 2 atom stereocenters. The fourth-order valence-corrected chi connectivity index (χ4v) is 4.78. The molecular formula is C23H23N5O3. The summed E-state index contributed by atoms with van der Waals surface area (Å²) >= 11 is 0. The highest BCUT2D eigenvalue weighted by Crippen LogP contribution is 2.36. The predicted octanol–water partition coefficient (Wildman–Crippen LogP) is 2.28. The lowest BCUT2D eigenvalue weighted by molar-refractivity contribution is 0.0665. The molecule has 2 aromatic heterocycles. The normalized spacial score (nSPS) is 19.6. The Labute approximate surface area is 179 Å². The largest absolute Gasteiger partial charge is 0.481 e. The summed E-state index contributed by atoms with van der Waals surface area (Å²) in [5.74, 6) is 0.593. The van der Waals surface area contributed by atoms with Crippen LogP contribution in [0.1, 0.15) is 39.4 Å². The van der Waals surface area contributed by atoms with Gasteiger partial charge in [0.25, 0.3) is 11.8 Å². The van der Waals surface area contributed by atoms with E-state index in [2.05, 4.69) is 14.5 Å². The predicted molar refractivity (Wildman–Crippen MR) is 114 cm³/mol. The van der Waals surface area contributed by atoms with E-state index in [1.807, 2.05) is 35.2 Å². The number of hydrogen-bond acceptors (Lipinski definition) is 5. The molecule has 2 N–H and O–H groups in total. The Balaban J connectivity index is 1.53. The molecule has 2 aliphatic heterocycles. The summed E-state index contributed by atoms with van der Waals surface area (Å²) in [4.78, 5) is 36.3. The number of benzene rings is 1. The summed E-state index contributed by atoms with van der Waals surface area (Å²) in [6.45, 7) is 0.575. The second-order valence-corrected chi connectivity index (χ2v) is 7.96. The Morgan fingerprint density at radius 1 is 1.10 bits per heavy atom. The van der Waals surface area contributed by atoms with E-state index in [0.29, 0.717) is 30.1 Å².